The molecule has 2 aliphatic rings. The first-order valence-electron chi connectivity index (χ1n) is 8.08. The first-order valence-corrected chi connectivity index (χ1v) is 8.08. The Morgan fingerprint density at radius 1 is 1.26 bits per heavy atom. The summed E-state index contributed by atoms with van der Waals surface area (Å²) in [7, 11) is 0. The summed E-state index contributed by atoms with van der Waals surface area (Å²) in [6, 6.07) is 0.443. The van der Waals surface area contributed by atoms with E-state index in [9.17, 15) is 0 Å². The van der Waals surface area contributed by atoms with E-state index in [0.717, 1.165) is 18.4 Å². The normalized spacial score (nSPS) is 23.5. The van der Waals surface area contributed by atoms with Gasteiger partial charge < -0.3 is 11.1 Å². The van der Waals surface area contributed by atoms with Crippen LogP contribution in [0.2, 0.25) is 0 Å². The van der Waals surface area contributed by atoms with Gasteiger partial charge in [0.1, 0.15) is 0 Å². The van der Waals surface area contributed by atoms with Crippen molar-refractivity contribution in [3.05, 3.63) is 0 Å². The van der Waals surface area contributed by atoms with Gasteiger partial charge in [0.25, 0.3) is 0 Å². The summed E-state index contributed by atoms with van der Waals surface area (Å²) in [5.74, 6) is 2.42. The van der Waals surface area contributed by atoms with Crippen LogP contribution >= 0.6 is 0 Å². The fourth-order valence-electron chi connectivity index (χ4n) is 3.00. The molecule has 0 saturated heterocycles. The first-order chi connectivity index (χ1) is 9.02. The number of rotatable bonds is 8. The van der Waals surface area contributed by atoms with Gasteiger partial charge in [0, 0.05) is 12.6 Å². The molecule has 0 aromatic carbocycles. The van der Waals surface area contributed by atoms with Crippen molar-refractivity contribution in [3.8, 4) is 0 Å². The number of nitrogens with one attached hydrogen (secondary N) is 1. The summed E-state index contributed by atoms with van der Waals surface area (Å²) < 4.78 is 0. The highest BCUT2D eigenvalue weighted by atomic mass is 15.1. The lowest BCUT2D eigenvalue weighted by Gasteiger charge is -2.16. The van der Waals surface area contributed by atoms with Gasteiger partial charge >= 0.3 is 0 Å². The molecule has 3 nitrogen and oxygen atoms in total. The van der Waals surface area contributed by atoms with E-state index in [1.54, 1.807) is 0 Å². The van der Waals surface area contributed by atoms with Gasteiger partial charge in [-0.25, -0.2) is 0 Å². The molecular formula is C16H31N3. The summed E-state index contributed by atoms with van der Waals surface area (Å²) in [4.78, 5) is 4.59. The third-order valence-electron chi connectivity index (χ3n) is 4.71. The van der Waals surface area contributed by atoms with Crippen molar-refractivity contribution in [2.45, 2.75) is 71.8 Å². The van der Waals surface area contributed by atoms with Crippen LogP contribution in [-0.4, -0.2) is 18.5 Å². The number of hydrogen-bond donors (Lipinski definition) is 2. The molecule has 110 valence electrons. The number of nitrogens with two attached hydrogens (primary N) is 1. The van der Waals surface area contributed by atoms with E-state index in [1.165, 1.54) is 44.9 Å². The van der Waals surface area contributed by atoms with Crippen molar-refractivity contribution in [1.82, 2.24) is 5.32 Å². The average Bonchev–Trinajstić information content (AvgIpc) is 3.18. The van der Waals surface area contributed by atoms with Crippen molar-refractivity contribution in [1.29, 1.82) is 0 Å². The first kappa shape index (κ1) is 14.7. The smallest absolute Gasteiger partial charge is 0.188 e. The van der Waals surface area contributed by atoms with Crippen LogP contribution < -0.4 is 11.1 Å². The Morgan fingerprint density at radius 3 is 2.47 bits per heavy atom. The quantitative estimate of drug-likeness (QED) is 0.522. The summed E-state index contributed by atoms with van der Waals surface area (Å²) in [5, 5.41) is 3.34. The largest absolute Gasteiger partial charge is 0.370 e. The molecule has 0 bridgehead atoms. The molecular weight excluding hydrogens is 234 g/mol. The van der Waals surface area contributed by atoms with Gasteiger partial charge in [0.05, 0.1) is 0 Å². The lowest BCUT2D eigenvalue weighted by atomic mass is 10.0. The predicted molar refractivity (Wildman–Crippen MR) is 82.2 cm³/mol. The maximum absolute atomic E-state index is 6.00. The SMILES string of the molecule is CC(C)CCCC(C)NC(N)=NCC1(C2CC2)CC1. The van der Waals surface area contributed by atoms with Gasteiger partial charge in [-0.1, -0.05) is 26.7 Å². The van der Waals surface area contributed by atoms with Gasteiger partial charge in [0.2, 0.25) is 0 Å². The Hall–Kier alpha value is -0.730. The van der Waals surface area contributed by atoms with Gasteiger partial charge in [-0.2, -0.15) is 0 Å². The lowest BCUT2D eigenvalue weighted by molar-refractivity contribution is 0.451. The zero-order chi connectivity index (χ0) is 13.9. The molecule has 0 spiro atoms. The minimum Gasteiger partial charge on any atom is -0.370 e. The van der Waals surface area contributed by atoms with Crippen molar-refractivity contribution >= 4 is 5.96 Å². The fourth-order valence-corrected chi connectivity index (χ4v) is 3.00. The number of aliphatic imine (C=N–C) groups is 1. The van der Waals surface area contributed by atoms with Crippen LogP contribution in [0.1, 0.15) is 65.7 Å². The summed E-state index contributed by atoms with van der Waals surface area (Å²) in [6.07, 6.45) is 9.35. The molecule has 0 heterocycles. The van der Waals surface area contributed by atoms with E-state index in [4.69, 9.17) is 5.73 Å². The molecule has 2 fully saturated rings. The van der Waals surface area contributed by atoms with E-state index in [0.29, 0.717) is 17.4 Å². The minimum absolute atomic E-state index is 0.443. The van der Waals surface area contributed by atoms with E-state index >= 15 is 0 Å². The van der Waals surface area contributed by atoms with Crippen molar-refractivity contribution in [2.24, 2.45) is 28.0 Å². The molecule has 1 unspecified atom stereocenters. The highest BCUT2D eigenvalue weighted by Gasteiger charge is 2.53. The van der Waals surface area contributed by atoms with Gasteiger partial charge in [-0.3, -0.25) is 4.99 Å². The second-order valence-corrected chi connectivity index (χ2v) is 7.21. The number of hydrogen-bond acceptors (Lipinski definition) is 1. The Labute approximate surface area is 118 Å². The van der Waals surface area contributed by atoms with Gasteiger partial charge in [-0.15, -0.1) is 0 Å². The molecule has 2 aliphatic carbocycles. The van der Waals surface area contributed by atoms with E-state index in [2.05, 4.69) is 31.1 Å². The molecule has 3 heteroatoms. The lowest BCUT2D eigenvalue weighted by Crippen LogP contribution is -2.39. The standard InChI is InChI=1S/C16H31N3/c1-12(2)5-4-6-13(3)19-15(17)18-11-16(9-10-16)14-7-8-14/h12-14H,4-11H2,1-3H3,(H3,17,18,19). The van der Waals surface area contributed by atoms with Gasteiger partial charge in [0.15, 0.2) is 5.96 Å². The zero-order valence-corrected chi connectivity index (χ0v) is 12.9. The molecule has 19 heavy (non-hydrogen) atoms. The van der Waals surface area contributed by atoms with E-state index in [1.807, 2.05) is 0 Å². The monoisotopic (exact) mass is 265 g/mol. The zero-order valence-electron chi connectivity index (χ0n) is 12.9. The Morgan fingerprint density at radius 2 is 1.95 bits per heavy atom. The molecule has 0 aromatic rings. The van der Waals surface area contributed by atoms with Gasteiger partial charge in [-0.05, 0) is 56.3 Å². The predicted octanol–water partition coefficient (Wildman–Crippen LogP) is 3.30. The molecule has 2 rings (SSSR count). The maximum atomic E-state index is 6.00. The third-order valence-corrected chi connectivity index (χ3v) is 4.71. The van der Waals surface area contributed by atoms with Crippen LogP contribution in [0.5, 0.6) is 0 Å². The molecule has 0 aliphatic heterocycles. The fraction of sp³-hybridized carbons (Fsp3) is 0.938. The maximum Gasteiger partial charge on any atom is 0.188 e. The average molecular weight is 265 g/mol. The van der Waals surface area contributed by atoms with Crippen LogP contribution in [0.4, 0.5) is 0 Å². The summed E-state index contributed by atoms with van der Waals surface area (Å²) in [5.41, 5.74) is 6.56. The molecule has 2 saturated carbocycles. The van der Waals surface area contributed by atoms with Crippen LogP contribution in [0, 0.1) is 17.3 Å². The van der Waals surface area contributed by atoms with E-state index in [-0.39, 0.29) is 0 Å². The molecule has 3 N–H and O–H groups in total. The minimum atomic E-state index is 0.443. The van der Waals surface area contributed by atoms with Crippen LogP contribution in [0.15, 0.2) is 4.99 Å². The summed E-state index contributed by atoms with van der Waals surface area (Å²) >= 11 is 0. The second kappa shape index (κ2) is 6.15. The molecule has 1 atom stereocenters. The second-order valence-electron chi connectivity index (χ2n) is 7.21. The van der Waals surface area contributed by atoms with Crippen molar-refractivity contribution in [2.75, 3.05) is 6.54 Å². The Kier molecular flexibility index (Phi) is 4.75. The molecule has 0 amide bonds. The van der Waals surface area contributed by atoms with Crippen LogP contribution in [-0.2, 0) is 0 Å². The molecule has 0 radical (unpaired) electrons. The number of nitrogens with zero attached hydrogens (tertiary/aromatic N) is 1. The highest BCUT2D eigenvalue weighted by Crippen LogP contribution is 2.61. The highest BCUT2D eigenvalue weighted by molar-refractivity contribution is 5.78. The topological polar surface area (TPSA) is 50.4 Å². The van der Waals surface area contributed by atoms with E-state index < -0.39 is 0 Å². The van der Waals surface area contributed by atoms with Crippen molar-refractivity contribution < 1.29 is 0 Å². The van der Waals surface area contributed by atoms with Crippen LogP contribution in [0.25, 0.3) is 0 Å². The third kappa shape index (κ3) is 4.70. The van der Waals surface area contributed by atoms with Crippen LogP contribution in [0.3, 0.4) is 0 Å². The summed E-state index contributed by atoms with van der Waals surface area (Å²) in [6.45, 7) is 7.72. The molecule has 0 aromatic heterocycles. The number of guanidine groups is 1. The Bertz CT molecular complexity index is 314. The van der Waals surface area contributed by atoms with Crippen molar-refractivity contribution in [3.63, 3.8) is 0 Å². The Balaban J connectivity index is 1.63.